The lowest BCUT2D eigenvalue weighted by molar-refractivity contribution is 0.393. The van der Waals surface area contributed by atoms with E-state index in [1.54, 1.807) is 0 Å². The van der Waals surface area contributed by atoms with Crippen molar-refractivity contribution in [3.8, 4) is 5.75 Å². The van der Waals surface area contributed by atoms with E-state index in [9.17, 15) is 4.79 Å². The summed E-state index contributed by atoms with van der Waals surface area (Å²) in [6, 6.07) is 1.35. The number of H-pyrrole nitrogens is 1. The molecule has 0 atom stereocenters. The molecular weight excluding hydrogens is 216 g/mol. The Morgan fingerprint density at radius 2 is 2.47 bits per heavy atom. The molecule has 15 heavy (non-hydrogen) atoms. The van der Waals surface area contributed by atoms with Gasteiger partial charge >= 0.3 is 0 Å². The van der Waals surface area contributed by atoms with Crippen LogP contribution in [0.1, 0.15) is 5.69 Å². The van der Waals surface area contributed by atoms with Crippen molar-refractivity contribution in [2.24, 2.45) is 0 Å². The largest absolute Gasteiger partial charge is 0.503 e. The van der Waals surface area contributed by atoms with E-state index in [-0.39, 0.29) is 5.75 Å². The van der Waals surface area contributed by atoms with Gasteiger partial charge in [0.2, 0.25) is 5.43 Å². The number of hydrogen-bond donors (Lipinski definition) is 3. The number of nitrogens with one attached hydrogen (secondary N) is 2. The van der Waals surface area contributed by atoms with E-state index < -0.39 is 5.43 Å². The molecule has 0 saturated carbocycles. The van der Waals surface area contributed by atoms with Gasteiger partial charge in [0.15, 0.2) is 5.75 Å². The van der Waals surface area contributed by atoms with Gasteiger partial charge in [0.25, 0.3) is 5.17 Å². The molecule has 6 heteroatoms. The monoisotopic (exact) mass is 228 g/mol. The van der Waals surface area contributed by atoms with Crippen LogP contribution in [0, 0.1) is 0 Å². The molecule has 0 aliphatic carbocycles. The summed E-state index contributed by atoms with van der Waals surface area (Å²) in [5, 5.41) is 12.2. The normalized spacial score (nSPS) is 9.67. The molecule has 0 amide bonds. The Balaban J connectivity index is 2.48. The molecule has 0 aliphatic rings. The van der Waals surface area contributed by atoms with Gasteiger partial charge in [-0.1, -0.05) is 0 Å². The van der Waals surface area contributed by atoms with Crippen molar-refractivity contribution in [2.45, 2.75) is 6.42 Å². The highest BCUT2D eigenvalue weighted by Gasteiger charge is 1.99. The average Bonchev–Trinajstić information content (AvgIpc) is 2.23. The van der Waals surface area contributed by atoms with Crippen LogP contribution in [0.2, 0.25) is 0 Å². The number of aromatic amines is 1. The molecule has 0 bridgehead atoms. The van der Waals surface area contributed by atoms with E-state index >= 15 is 0 Å². The minimum Gasteiger partial charge on any atom is -0.503 e. The standard InChI is InChI=1S/C9H12N2O3S/c1-14-9(15)10-3-2-6-4-7(12)8(13)5-11-6/h4-5,13H,2-3H2,1H3,(H,10,15)(H,11,12). The summed E-state index contributed by atoms with van der Waals surface area (Å²) in [5.74, 6) is -0.279. The Morgan fingerprint density at radius 3 is 3.07 bits per heavy atom. The van der Waals surface area contributed by atoms with Crippen LogP contribution in [-0.2, 0) is 11.2 Å². The van der Waals surface area contributed by atoms with E-state index in [1.807, 2.05) is 0 Å². The van der Waals surface area contributed by atoms with E-state index in [0.717, 1.165) is 5.69 Å². The summed E-state index contributed by atoms with van der Waals surface area (Å²) < 4.78 is 4.74. The van der Waals surface area contributed by atoms with Crippen LogP contribution < -0.4 is 10.7 Å². The van der Waals surface area contributed by atoms with Gasteiger partial charge in [-0.05, 0) is 12.2 Å². The molecule has 82 valence electrons. The fourth-order valence-corrected chi connectivity index (χ4v) is 1.12. The Bertz CT molecular complexity index is 403. The number of aromatic nitrogens is 1. The van der Waals surface area contributed by atoms with Gasteiger partial charge in [0.1, 0.15) is 0 Å². The third-order valence-electron chi connectivity index (χ3n) is 1.80. The van der Waals surface area contributed by atoms with Crippen LogP contribution in [0.15, 0.2) is 17.1 Å². The molecule has 0 radical (unpaired) electrons. The van der Waals surface area contributed by atoms with Crippen molar-refractivity contribution >= 4 is 17.4 Å². The molecule has 1 heterocycles. The lowest BCUT2D eigenvalue weighted by Gasteiger charge is -2.05. The second-order valence-electron chi connectivity index (χ2n) is 2.88. The summed E-state index contributed by atoms with van der Waals surface area (Å²) in [6.07, 6.45) is 1.87. The van der Waals surface area contributed by atoms with Gasteiger partial charge in [-0.25, -0.2) is 0 Å². The molecular formula is C9H12N2O3S. The van der Waals surface area contributed by atoms with Crippen molar-refractivity contribution in [3.63, 3.8) is 0 Å². The number of ether oxygens (including phenoxy) is 1. The van der Waals surface area contributed by atoms with Crippen molar-refractivity contribution in [3.05, 3.63) is 28.2 Å². The minimum absolute atomic E-state index is 0.279. The second-order valence-corrected chi connectivity index (χ2v) is 3.25. The topological polar surface area (TPSA) is 74.3 Å². The molecule has 5 nitrogen and oxygen atoms in total. The highest BCUT2D eigenvalue weighted by Crippen LogP contribution is 1.98. The maximum Gasteiger partial charge on any atom is 0.256 e. The molecule has 0 saturated heterocycles. The minimum atomic E-state index is -0.391. The molecule has 0 aromatic carbocycles. The van der Waals surface area contributed by atoms with Gasteiger partial charge in [0.05, 0.1) is 7.11 Å². The third-order valence-corrected chi connectivity index (χ3v) is 2.11. The number of pyridine rings is 1. The van der Waals surface area contributed by atoms with E-state index in [4.69, 9.17) is 22.1 Å². The predicted octanol–water partition coefficient (Wildman–Crippen LogP) is 0.144. The number of aromatic hydroxyl groups is 1. The lowest BCUT2D eigenvalue weighted by atomic mass is 10.2. The quantitative estimate of drug-likeness (QED) is 0.642. The number of rotatable bonds is 3. The molecule has 3 N–H and O–H groups in total. The zero-order valence-electron chi connectivity index (χ0n) is 8.24. The smallest absolute Gasteiger partial charge is 0.256 e. The highest BCUT2D eigenvalue weighted by molar-refractivity contribution is 7.80. The second kappa shape index (κ2) is 5.35. The fourth-order valence-electron chi connectivity index (χ4n) is 1.02. The number of methoxy groups -OCH3 is 1. The van der Waals surface area contributed by atoms with Crippen LogP contribution >= 0.6 is 12.2 Å². The SMILES string of the molecule is COC(=S)NCCc1cc(=O)c(O)c[nH]1. The lowest BCUT2D eigenvalue weighted by Crippen LogP contribution is -2.25. The van der Waals surface area contributed by atoms with Crippen LogP contribution in [-0.4, -0.2) is 28.9 Å². The number of thiocarbonyl (C=S) groups is 1. The molecule has 1 rings (SSSR count). The summed E-state index contributed by atoms with van der Waals surface area (Å²) in [4.78, 5) is 13.8. The van der Waals surface area contributed by atoms with E-state index in [2.05, 4.69) is 10.3 Å². The Kier molecular flexibility index (Phi) is 4.11. The van der Waals surface area contributed by atoms with Crippen molar-refractivity contribution in [1.82, 2.24) is 10.3 Å². The summed E-state index contributed by atoms with van der Waals surface area (Å²) in [7, 11) is 1.48. The van der Waals surface area contributed by atoms with Gasteiger partial charge in [0, 0.05) is 30.9 Å². The summed E-state index contributed by atoms with van der Waals surface area (Å²) >= 11 is 4.77. The predicted molar refractivity (Wildman–Crippen MR) is 60.0 cm³/mol. The maximum atomic E-state index is 11.1. The van der Waals surface area contributed by atoms with Crippen LogP contribution in [0.3, 0.4) is 0 Å². The Morgan fingerprint density at radius 1 is 1.73 bits per heavy atom. The first-order valence-electron chi connectivity index (χ1n) is 4.36. The van der Waals surface area contributed by atoms with Crippen LogP contribution in [0.5, 0.6) is 5.75 Å². The summed E-state index contributed by atoms with van der Waals surface area (Å²) in [5.41, 5.74) is 0.335. The summed E-state index contributed by atoms with van der Waals surface area (Å²) in [6.45, 7) is 0.563. The molecule has 0 spiro atoms. The number of hydrogen-bond acceptors (Lipinski definition) is 4. The first-order valence-corrected chi connectivity index (χ1v) is 4.76. The zero-order chi connectivity index (χ0) is 11.3. The van der Waals surface area contributed by atoms with E-state index in [0.29, 0.717) is 18.1 Å². The first kappa shape index (κ1) is 11.5. The van der Waals surface area contributed by atoms with Crippen molar-refractivity contribution in [1.29, 1.82) is 0 Å². The zero-order valence-corrected chi connectivity index (χ0v) is 9.06. The van der Waals surface area contributed by atoms with E-state index in [1.165, 1.54) is 19.4 Å². The average molecular weight is 228 g/mol. The van der Waals surface area contributed by atoms with Crippen LogP contribution in [0.25, 0.3) is 0 Å². The third kappa shape index (κ3) is 3.59. The molecule has 0 unspecified atom stereocenters. The highest BCUT2D eigenvalue weighted by atomic mass is 32.1. The first-order chi connectivity index (χ1) is 7.13. The van der Waals surface area contributed by atoms with Gasteiger partial charge in [-0.15, -0.1) is 0 Å². The van der Waals surface area contributed by atoms with Crippen molar-refractivity contribution in [2.75, 3.05) is 13.7 Å². The Hall–Kier alpha value is -1.56. The molecule has 1 aromatic heterocycles. The van der Waals surface area contributed by atoms with Crippen LogP contribution in [0.4, 0.5) is 0 Å². The molecule has 0 fully saturated rings. The molecule has 0 aliphatic heterocycles. The van der Waals surface area contributed by atoms with Crippen molar-refractivity contribution < 1.29 is 9.84 Å². The van der Waals surface area contributed by atoms with Gasteiger partial charge in [-0.2, -0.15) is 0 Å². The Labute approximate surface area is 92.1 Å². The molecule has 1 aromatic rings. The van der Waals surface area contributed by atoms with Gasteiger partial charge < -0.3 is 20.1 Å². The van der Waals surface area contributed by atoms with Gasteiger partial charge in [-0.3, -0.25) is 4.79 Å². The maximum absolute atomic E-state index is 11.1. The fraction of sp³-hybridized carbons (Fsp3) is 0.333.